The lowest BCUT2D eigenvalue weighted by Gasteiger charge is -2.36. The van der Waals surface area contributed by atoms with Gasteiger partial charge in [0.15, 0.2) is 0 Å². The molecule has 0 saturated heterocycles. The first-order chi connectivity index (χ1) is 14.1. The summed E-state index contributed by atoms with van der Waals surface area (Å²) in [6, 6.07) is 0. The van der Waals surface area contributed by atoms with Crippen molar-refractivity contribution in [3.63, 3.8) is 0 Å². The lowest BCUT2D eigenvalue weighted by Crippen LogP contribution is -2.37. The van der Waals surface area contributed by atoms with Gasteiger partial charge in [0.25, 0.3) is 0 Å². The molecule has 1 saturated carbocycles. The van der Waals surface area contributed by atoms with E-state index in [0.717, 1.165) is 38.7 Å². The Hall–Kier alpha value is -0.240. The zero-order chi connectivity index (χ0) is 22.6. The molecule has 4 unspecified atom stereocenters. The summed E-state index contributed by atoms with van der Waals surface area (Å²) in [5, 5.41) is 9.09. The number of ether oxygens (including phenoxy) is 5. The summed E-state index contributed by atoms with van der Waals surface area (Å²) in [7, 11) is 3.65. The van der Waals surface area contributed by atoms with Crippen LogP contribution in [0.1, 0.15) is 73.1 Å². The van der Waals surface area contributed by atoms with E-state index in [0.29, 0.717) is 50.3 Å². The molecule has 1 aliphatic rings. The first-order valence-electron chi connectivity index (χ1n) is 11.6. The van der Waals surface area contributed by atoms with E-state index in [2.05, 4.69) is 6.92 Å². The highest BCUT2D eigenvalue weighted by atomic mass is 16.6. The van der Waals surface area contributed by atoms with Gasteiger partial charge in [0.1, 0.15) is 0 Å². The minimum atomic E-state index is -0.378. The molecule has 0 aromatic heterocycles. The van der Waals surface area contributed by atoms with E-state index in [4.69, 9.17) is 28.8 Å². The molecule has 180 valence electrons. The fourth-order valence-corrected chi connectivity index (χ4v) is 4.12. The summed E-state index contributed by atoms with van der Waals surface area (Å²) >= 11 is 0. The average molecular weight is 433 g/mol. The van der Waals surface area contributed by atoms with Crippen LogP contribution in [0, 0.1) is 11.8 Å². The summed E-state index contributed by atoms with van der Waals surface area (Å²) in [5.74, 6) is 1.17. The zero-order valence-corrected chi connectivity index (χ0v) is 20.6. The van der Waals surface area contributed by atoms with Gasteiger partial charge in [0.05, 0.1) is 43.2 Å². The molecule has 1 rings (SSSR count). The molecule has 6 heteroatoms. The van der Waals surface area contributed by atoms with E-state index >= 15 is 0 Å². The average Bonchev–Trinajstić information content (AvgIpc) is 2.69. The van der Waals surface area contributed by atoms with Crippen molar-refractivity contribution >= 4 is 0 Å². The van der Waals surface area contributed by atoms with E-state index in [1.165, 1.54) is 0 Å². The van der Waals surface area contributed by atoms with Crippen LogP contribution < -0.4 is 0 Å². The maximum Gasteiger partial charge on any atom is 0.0860 e. The Morgan fingerprint density at radius 1 is 0.933 bits per heavy atom. The van der Waals surface area contributed by atoms with Gasteiger partial charge < -0.3 is 28.8 Å². The molecule has 0 aromatic carbocycles. The zero-order valence-electron chi connectivity index (χ0n) is 20.6. The molecule has 0 amide bonds. The van der Waals surface area contributed by atoms with Gasteiger partial charge in [0, 0.05) is 27.4 Å². The summed E-state index contributed by atoms with van der Waals surface area (Å²) in [4.78, 5) is 0. The molecule has 0 aliphatic heterocycles. The third kappa shape index (κ3) is 11.4. The lowest BCUT2D eigenvalue weighted by atomic mass is 9.79. The molecule has 1 N–H and O–H groups in total. The Bertz CT molecular complexity index is 439. The summed E-state index contributed by atoms with van der Waals surface area (Å²) < 4.78 is 29.0. The van der Waals surface area contributed by atoms with Crippen LogP contribution in [-0.2, 0) is 23.7 Å². The molecular weight excluding hydrogens is 384 g/mol. The second-order valence-corrected chi connectivity index (χ2v) is 10.1. The van der Waals surface area contributed by atoms with Crippen molar-refractivity contribution < 1.29 is 28.8 Å². The normalized spacial score (nSPS) is 24.2. The van der Waals surface area contributed by atoms with E-state index in [9.17, 15) is 0 Å². The molecule has 0 spiro atoms. The molecule has 4 atom stereocenters. The number of hydrogen-bond donors (Lipinski definition) is 1. The fraction of sp³-hybridized carbons (Fsp3) is 1.00. The van der Waals surface area contributed by atoms with Crippen molar-refractivity contribution in [2.24, 2.45) is 11.8 Å². The van der Waals surface area contributed by atoms with Crippen molar-refractivity contribution in [3.05, 3.63) is 0 Å². The lowest BCUT2D eigenvalue weighted by molar-refractivity contribution is -0.131. The smallest absolute Gasteiger partial charge is 0.0860 e. The van der Waals surface area contributed by atoms with Gasteiger partial charge in [-0.25, -0.2) is 0 Å². The van der Waals surface area contributed by atoms with Gasteiger partial charge in [0.2, 0.25) is 0 Å². The Balaban J connectivity index is 2.17. The number of methoxy groups -OCH3 is 2. The van der Waals surface area contributed by atoms with Gasteiger partial charge in [-0.15, -0.1) is 0 Å². The number of rotatable bonds is 16. The summed E-state index contributed by atoms with van der Waals surface area (Å²) in [6.07, 6.45) is 6.85. The second kappa shape index (κ2) is 14.0. The van der Waals surface area contributed by atoms with Crippen molar-refractivity contribution in [2.45, 2.75) is 96.6 Å². The quantitative estimate of drug-likeness (QED) is 0.368. The van der Waals surface area contributed by atoms with Crippen molar-refractivity contribution in [3.8, 4) is 0 Å². The highest BCUT2D eigenvalue weighted by molar-refractivity contribution is 4.82. The number of hydrogen-bond acceptors (Lipinski definition) is 6. The van der Waals surface area contributed by atoms with Gasteiger partial charge in [-0.1, -0.05) is 6.92 Å². The number of aliphatic hydroxyl groups excluding tert-OH is 1. The third-order valence-electron chi connectivity index (χ3n) is 6.21. The van der Waals surface area contributed by atoms with Crippen LogP contribution in [0.25, 0.3) is 0 Å². The Morgan fingerprint density at radius 2 is 1.67 bits per heavy atom. The predicted octanol–water partition coefficient (Wildman–Crippen LogP) is 4.22. The summed E-state index contributed by atoms with van der Waals surface area (Å²) in [6.45, 7) is 12.8. The molecule has 6 nitrogen and oxygen atoms in total. The van der Waals surface area contributed by atoms with Crippen molar-refractivity contribution in [2.75, 3.05) is 47.3 Å². The molecule has 1 aliphatic carbocycles. The van der Waals surface area contributed by atoms with E-state index < -0.39 is 0 Å². The van der Waals surface area contributed by atoms with Crippen LogP contribution in [0.3, 0.4) is 0 Å². The molecule has 1 fully saturated rings. The first-order valence-corrected chi connectivity index (χ1v) is 11.6. The minimum Gasteiger partial charge on any atom is -0.396 e. The van der Waals surface area contributed by atoms with Crippen LogP contribution in [0.2, 0.25) is 0 Å². The van der Waals surface area contributed by atoms with Crippen LogP contribution in [0.5, 0.6) is 0 Å². The topological polar surface area (TPSA) is 66.4 Å². The largest absolute Gasteiger partial charge is 0.396 e. The van der Waals surface area contributed by atoms with Gasteiger partial charge in [-0.2, -0.15) is 0 Å². The minimum absolute atomic E-state index is 0.125. The van der Waals surface area contributed by atoms with E-state index in [1.54, 1.807) is 0 Å². The van der Waals surface area contributed by atoms with Gasteiger partial charge in [-0.3, -0.25) is 0 Å². The monoisotopic (exact) mass is 432 g/mol. The van der Waals surface area contributed by atoms with Crippen LogP contribution in [0.4, 0.5) is 0 Å². The summed E-state index contributed by atoms with van der Waals surface area (Å²) in [5.41, 5.74) is -0.719. The Kier molecular flexibility index (Phi) is 13.0. The van der Waals surface area contributed by atoms with Gasteiger partial charge >= 0.3 is 0 Å². The van der Waals surface area contributed by atoms with Crippen LogP contribution in [0.15, 0.2) is 0 Å². The third-order valence-corrected chi connectivity index (χ3v) is 6.21. The van der Waals surface area contributed by atoms with Crippen LogP contribution >= 0.6 is 0 Å². The number of aliphatic hydroxyl groups is 1. The maximum absolute atomic E-state index is 9.09. The molecule has 30 heavy (non-hydrogen) atoms. The predicted molar refractivity (Wildman–Crippen MR) is 120 cm³/mol. The molecule has 0 bridgehead atoms. The molecular formula is C24H48O6. The molecule has 0 radical (unpaired) electrons. The Morgan fingerprint density at radius 3 is 2.30 bits per heavy atom. The van der Waals surface area contributed by atoms with Gasteiger partial charge in [-0.05, 0) is 78.1 Å². The highest BCUT2D eigenvalue weighted by Gasteiger charge is 2.31. The SMILES string of the molecule is COC1CCC(OC)C(CC(C)CCOCCOC(C)(C)COC(C)(C)CCO)C1. The van der Waals surface area contributed by atoms with Crippen LogP contribution in [-0.4, -0.2) is 75.8 Å². The van der Waals surface area contributed by atoms with E-state index in [-0.39, 0.29) is 17.8 Å². The molecule has 0 aromatic rings. The van der Waals surface area contributed by atoms with Crippen molar-refractivity contribution in [1.82, 2.24) is 0 Å². The maximum atomic E-state index is 9.09. The molecule has 0 heterocycles. The standard InChI is InChI=1S/C24H48O6/c1-19(16-20-17-21(26-6)8-9-22(20)27-7)10-13-28-14-15-29-24(4,5)18-30-23(2,3)11-12-25/h19-22,25H,8-18H2,1-7H3. The fourth-order valence-electron chi connectivity index (χ4n) is 4.12. The first kappa shape index (κ1) is 27.8. The second-order valence-electron chi connectivity index (χ2n) is 10.1. The Labute approximate surface area is 184 Å². The highest BCUT2D eigenvalue weighted by Crippen LogP contribution is 2.33. The van der Waals surface area contributed by atoms with E-state index in [1.807, 2.05) is 41.9 Å². The van der Waals surface area contributed by atoms with Crippen molar-refractivity contribution in [1.29, 1.82) is 0 Å².